The third kappa shape index (κ3) is 1.48. The molecule has 0 heterocycles. The van der Waals surface area contributed by atoms with Crippen LogP contribution in [0.4, 0.5) is 0 Å². The average Bonchev–Trinajstić information content (AvgIpc) is 2.18. The van der Waals surface area contributed by atoms with E-state index in [-0.39, 0.29) is 12.0 Å². The van der Waals surface area contributed by atoms with Gasteiger partial charge in [0, 0.05) is 5.92 Å². The molecule has 0 saturated carbocycles. The maximum Gasteiger partial charge on any atom is 0.0860 e. The Balaban J connectivity index is 2.40. The van der Waals surface area contributed by atoms with E-state index in [4.69, 9.17) is 0 Å². The molecule has 1 aromatic rings. The fourth-order valence-corrected chi connectivity index (χ4v) is 2.05. The van der Waals surface area contributed by atoms with Crippen LogP contribution in [-0.4, -0.2) is 5.11 Å². The molecule has 0 bridgehead atoms. The number of benzene rings is 1. The van der Waals surface area contributed by atoms with Crippen LogP contribution >= 0.6 is 0 Å². The Morgan fingerprint density at radius 2 is 1.93 bits per heavy atom. The zero-order valence-electron chi connectivity index (χ0n) is 8.64. The van der Waals surface area contributed by atoms with Crippen LogP contribution in [0.15, 0.2) is 30.3 Å². The van der Waals surface area contributed by atoms with Crippen LogP contribution in [0.2, 0.25) is 0 Å². The Kier molecular flexibility index (Phi) is 2.42. The summed E-state index contributed by atoms with van der Waals surface area (Å²) in [7, 11) is 0. The molecular weight excluding hydrogens is 172 g/mol. The van der Waals surface area contributed by atoms with E-state index in [1.807, 2.05) is 24.3 Å². The lowest BCUT2D eigenvalue weighted by atomic mass is 9.81. The molecule has 1 aliphatic rings. The molecule has 74 valence electrons. The van der Waals surface area contributed by atoms with E-state index in [0.717, 1.165) is 11.1 Å². The maximum absolute atomic E-state index is 10.1. The highest BCUT2D eigenvalue weighted by Gasteiger charge is 2.25. The lowest BCUT2D eigenvalue weighted by molar-refractivity contribution is 0.106. The first-order valence-corrected chi connectivity index (χ1v) is 5.15. The summed E-state index contributed by atoms with van der Waals surface area (Å²) in [6.07, 6.45) is 3.90. The van der Waals surface area contributed by atoms with Gasteiger partial charge in [0.1, 0.15) is 0 Å². The normalized spacial score (nSPS) is 25.1. The number of hydrogen-bond donors (Lipinski definition) is 1. The van der Waals surface area contributed by atoms with E-state index in [0.29, 0.717) is 5.92 Å². The minimum absolute atomic E-state index is 0.255. The van der Waals surface area contributed by atoms with Crippen molar-refractivity contribution in [1.29, 1.82) is 0 Å². The summed E-state index contributed by atoms with van der Waals surface area (Å²) >= 11 is 0. The number of fused-ring (bicyclic) bond motifs is 1. The fraction of sp³-hybridized carbons (Fsp3) is 0.385. The zero-order chi connectivity index (χ0) is 10.1. The highest BCUT2D eigenvalue weighted by atomic mass is 16.3. The second-order valence-corrected chi connectivity index (χ2v) is 4.25. The second kappa shape index (κ2) is 3.58. The minimum atomic E-state index is -0.337. The first-order valence-electron chi connectivity index (χ1n) is 5.15. The summed E-state index contributed by atoms with van der Waals surface area (Å²) in [4.78, 5) is 0. The van der Waals surface area contributed by atoms with Gasteiger partial charge in [-0.3, -0.25) is 0 Å². The Morgan fingerprint density at radius 3 is 2.64 bits per heavy atom. The molecular formula is C13H16O. The predicted octanol–water partition coefficient (Wildman–Crippen LogP) is 3.02. The summed E-state index contributed by atoms with van der Waals surface area (Å²) in [6, 6.07) is 8.05. The van der Waals surface area contributed by atoms with Gasteiger partial charge in [-0.2, -0.15) is 0 Å². The first kappa shape index (κ1) is 9.47. The highest BCUT2D eigenvalue weighted by molar-refractivity contribution is 5.57. The second-order valence-electron chi connectivity index (χ2n) is 4.25. The first-order chi connectivity index (χ1) is 6.70. The van der Waals surface area contributed by atoms with Gasteiger partial charge in [-0.1, -0.05) is 50.3 Å². The quantitative estimate of drug-likeness (QED) is 0.718. The monoisotopic (exact) mass is 188 g/mol. The molecule has 1 N–H and O–H groups in total. The van der Waals surface area contributed by atoms with E-state index in [1.165, 1.54) is 0 Å². The summed E-state index contributed by atoms with van der Waals surface area (Å²) in [6.45, 7) is 4.29. The molecule has 0 saturated heterocycles. The van der Waals surface area contributed by atoms with Crippen LogP contribution in [-0.2, 0) is 0 Å². The molecule has 2 rings (SSSR count). The van der Waals surface area contributed by atoms with Crippen molar-refractivity contribution in [1.82, 2.24) is 0 Å². The van der Waals surface area contributed by atoms with Crippen molar-refractivity contribution in [2.24, 2.45) is 11.8 Å². The number of aliphatic hydroxyl groups is 1. The van der Waals surface area contributed by atoms with Gasteiger partial charge < -0.3 is 5.11 Å². The van der Waals surface area contributed by atoms with Gasteiger partial charge in [0.2, 0.25) is 0 Å². The van der Waals surface area contributed by atoms with Gasteiger partial charge >= 0.3 is 0 Å². The van der Waals surface area contributed by atoms with Crippen molar-refractivity contribution in [3.05, 3.63) is 41.5 Å². The summed E-state index contributed by atoms with van der Waals surface area (Å²) in [5.74, 6) is 0.736. The van der Waals surface area contributed by atoms with Crippen LogP contribution in [0, 0.1) is 11.8 Å². The van der Waals surface area contributed by atoms with Crippen molar-refractivity contribution in [3.8, 4) is 0 Å². The van der Waals surface area contributed by atoms with Gasteiger partial charge in [0.15, 0.2) is 0 Å². The summed E-state index contributed by atoms with van der Waals surface area (Å²) in [5.41, 5.74) is 2.21. The van der Waals surface area contributed by atoms with Gasteiger partial charge in [-0.05, 0) is 17.0 Å². The Morgan fingerprint density at radius 1 is 1.21 bits per heavy atom. The molecule has 0 unspecified atom stereocenters. The molecule has 1 aromatic carbocycles. The van der Waals surface area contributed by atoms with E-state index >= 15 is 0 Å². The van der Waals surface area contributed by atoms with E-state index in [2.05, 4.69) is 26.0 Å². The molecule has 0 amide bonds. The van der Waals surface area contributed by atoms with Crippen LogP contribution < -0.4 is 0 Å². The third-order valence-electron chi connectivity index (χ3n) is 2.95. The van der Waals surface area contributed by atoms with Crippen molar-refractivity contribution < 1.29 is 5.11 Å². The Bertz CT molecular complexity index is 352. The highest BCUT2D eigenvalue weighted by Crippen LogP contribution is 2.35. The van der Waals surface area contributed by atoms with Gasteiger partial charge in [0.25, 0.3) is 0 Å². The van der Waals surface area contributed by atoms with Crippen LogP contribution in [0.3, 0.4) is 0 Å². The smallest absolute Gasteiger partial charge is 0.0860 e. The lowest BCUT2D eigenvalue weighted by Gasteiger charge is -2.28. The average molecular weight is 188 g/mol. The van der Waals surface area contributed by atoms with E-state index in [9.17, 15) is 5.11 Å². The Hall–Kier alpha value is -1.08. The number of rotatable bonds is 1. The van der Waals surface area contributed by atoms with E-state index < -0.39 is 0 Å². The molecule has 0 radical (unpaired) electrons. The maximum atomic E-state index is 10.1. The summed E-state index contributed by atoms with van der Waals surface area (Å²) in [5, 5.41) is 10.1. The lowest BCUT2D eigenvalue weighted by Crippen LogP contribution is -2.19. The molecule has 0 fully saturated rings. The third-order valence-corrected chi connectivity index (χ3v) is 2.95. The molecule has 0 spiro atoms. The summed E-state index contributed by atoms with van der Waals surface area (Å²) < 4.78 is 0. The van der Waals surface area contributed by atoms with Crippen LogP contribution in [0.5, 0.6) is 0 Å². The molecule has 14 heavy (non-hydrogen) atoms. The Labute approximate surface area is 85.1 Å². The van der Waals surface area contributed by atoms with Crippen molar-refractivity contribution in [2.45, 2.75) is 20.0 Å². The van der Waals surface area contributed by atoms with E-state index in [1.54, 1.807) is 0 Å². The molecule has 1 heteroatoms. The standard InChI is InChI=1S/C13H16O/c1-9(2)11-8-7-10-5-3-4-6-12(10)13(11)14/h3-9,11,13-14H,1-2H3/t11-,13+/m1/s1. The number of aliphatic hydroxyl groups excluding tert-OH is 1. The zero-order valence-corrected chi connectivity index (χ0v) is 8.64. The molecule has 0 aliphatic heterocycles. The fourth-order valence-electron chi connectivity index (χ4n) is 2.05. The minimum Gasteiger partial charge on any atom is -0.388 e. The van der Waals surface area contributed by atoms with Gasteiger partial charge in [-0.25, -0.2) is 0 Å². The van der Waals surface area contributed by atoms with Crippen molar-refractivity contribution in [3.63, 3.8) is 0 Å². The van der Waals surface area contributed by atoms with Gasteiger partial charge in [0.05, 0.1) is 6.10 Å². The van der Waals surface area contributed by atoms with Crippen LogP contribution in [0.1, 0.15) is 31.1 Å². The predicted molar refractivity (Wildman–Crippen MR) is 58.8 cm³/mol. The van der Waals surface area contributed by atoms with Crippen molar-refractivity contribution in [2.75, 3.05) is 0 Å². The largest absolute Gasteiger partial charge is 0.388 e. The molecule has 1 nitrogen and oxygen atoms in total. The molecule has 0 aromatic heterocycles. The molecule has 2 atom stereocenters. The number of hydrogen-bond acceptors (Lipinski definition) is 1. The molecule has 1 aliphatic carbocycles. The van der Waals surface area contributed by atoms with Crippen LogP contribution in [0.25, 0.3) is 6.08 Å². The SMILES string of the molecule is CC(C)[C@H]1C=Cc2ccccc2[C@H]1O. The van der Waals surface area contributed by atoms with Gasteiger partial charge in [-0.15, -0.1) is 0 Å². The topological polar surface area (TPSA) is 20.2 Å². The van der Waals surface area contributed by atoms with Crippen molar-refractivity contribution >= 4 is 6.08 Å².